The Morgan fingerprint density at radius 2 is 2.33 bits per heavy atom. The fourth-order valence-corrected chi connectivity index (χ4v) is 2.07. The average molecular weight is 248 g/mol. The summed E-state index contributed by atoms with van der Waals surface area (Å²) in [6, 6.07) is 1.98. The van der Waals surface area contributed by atoms with Gasteiger partial charge in [-0.25, -0.2) is 9.78 Å². The summed E-state index contributed by atoms with van der Waals surface area (Å²) in [7, 11) is 1.58. The maximum absolute atomic E-state index is 11.0. The molecule has 0 aromatic carbocycles. The molecular weight excluding hydrogens is 232 g/mol. The monoisotopic (exact) mass is 248 g/mol. The van der Waals surface area contributed by atoms with Gasteiger partial charge in [-0.1, -0.05) is 6.08 Å². The van der Waals surface area contributed by atoms with Crippen molar-refractivity contribution in [2.45, 2.75) is 13.3 Å². The first kappa shape index (κ1) is 12.4. The Balaban J connectivity index is 2.24. The van der Waals surface area contributed by atoms with Gasteiger partial charge in [0.05, 0.1) is 7.11 Å². The minimum absolute atomic E-state index is 0.419. The van der Waals surface area contributed by atoms with Gasteiger partial charge >= 0.3 is 6.09 Å². The van der Waals surface area contributed by atoms with Gasteiger partial charge in [-0.05, 0) is 30.5 Å². The number of carbonyl (C=O) groups is 1. The summed E-state index contributed by atoms with van der Waals surface area (Å²) in [5, 5.41) is 9.00. The zero-order chi connectivity index (χ0) is 13.1. The fraction of sp³-hybridized carbons (Fsp3) is 0.385. The Morgan fingerprint density at radius 1 is 1.56 bits per heavy atom. The van der Waals surface area contributed by atoms with Crippen LogP contribution in [-0.2, 0) is 0 Å². The van der Waals surface area contributed by atoms with Crippen molar-refractivity contribution in [2.75, 3.05) is 20.2 Å². The smallest absolute Gasteiger partial charge is 0.407 e. The lowest BCUT2D eigenvalue weighted by molar-refractivity contribution is 0.150. The van der Waals surface area contributed by atoms with E-state index in [4.69, 9.17) is 9.84 Å². The van der Waals surface area contributed by atoms with Crippen molar-refractivity contribution in [3.05, 3.63) is 29.5 Å². The van der Waals surface area contributed by atoms with E-state index in [1.54, 1.807) is 13.3 Å². The molecule has 0 unspecified atom stereocenters. The predicted molar refractivity (Wildman–Crippen MR) is 67.7 cm³/mol. The molecule has 1 N–H and O–H groups in total. The average Bonchev–Trinajstić information content (AvgIpc) is 2.38. The Morgan fingerprint density at radius 3 is 2.94 bits per heavy atom. The summed E-state index contributed by atoms with van der Waals surface area (Å²) >= 11 is 0. The van der Waals surface area contributed by atoms with Gasteiger partial charge in [0.25, 0.3) is 0 Å². The van der Waals surface area contributed by atoms with Crippen LogP contribution in [0.15, 0.2) is 18.3 Å². The summed E-state index contributed by atoms with van der Waals surface area (Å²) in [6.45, 7) is 2.90. The number of aromatic nitrogens is 1. The van der Waals surface area contributed by atoms with Crippen molar-refractivity contribution in [3.8, 4) is 5.88 Å². The van der Waals surface area contributed by atoms with E-state index in [9.17, 15) is 4.79 Å². The lowest BCUT2D eigenvalue weighted by atomic mass is 10.0. The van der Waals surface area contributed by atoms with Crippen LogP contribution in [0, 0.1) is 6.92 Å². The number of carboxylic acid groups (broad SMARTS) is 1. The quantitative estimate of drug-likeness (QED) is 0.871. The molecule has 0 saturated carbocycles. The van der Waals surface area contributed by atoms with E-state index in [2.05, 4.69) is 11.1 Å². The number of nitrogens with zero attached hydrogens (tertiary/aromatic N) is 2. The van der Waals surface area contributed by atoms with Crippen LogP contribution in [0.3, 0.4) is 0 Å². The third-order valence-electron chi connectivity index (χ3n) is 3.02. The number of amides is 1. The highest BCUT2D eigenvalue weighted by molar-refractivity contribution is 5.74. The highest BCUT2D eigenvalue weighted by Crippen LogP contribution is 2.24. The molecular formula is C13H16N2O3. The topological polar surface area (TPSA) is 62.7 Å². The van der Waals surface area contributed by atoms with E-state index in [0.717, 1.165) is 23.1 Å². The van der Waals surface area contributed by atoms with Crippen molar-refractivity contribution < 1.29 is 14.6 Å². The Labute approximate surface area is 106 Å². The first-order chi connectivity index (χ1) is 8.61. The molecule has 0 bridgehead atoms. The van der Waals surface area contributed by atoms with E-state index in [0.29, 0.717) is 19.0 Å². The van der Waals surface area contributed by atoms with Gasteiger partial charge in [-0.15, -0.1) is 0 Å². The van der Waals surface area contributed by atoms with Crippen LogP contribution in [0.25, 0.3) is 5.57 Å². The molecule has 2 heterocycles. The second-order valence-electron chi connectivity index (χ2n) is 4.27. The van der Waals surface area contributed by atoms with E-state index < -0.39 is 6.09 Å². The van der Waals surface area contributed by atoms with Gasteiger partial charge in [0.15, 0.2) is 0 Å². The second-order valence-corrected chi connectivity index (χ2v) is 4.27. The standard InChI is InChI=1S/C13H16N2O3/c1-9-6-11(7-14-12(9)18-2)10-4-3-5-15(8-10)13(16)17/h4,6-7H,3,5,8H2,1-2H3,(H,16,17). The molecule has 1 aromatic rings. The Bertz CT molecular complexity index is 497. The maximum atomic E-state index is 11.0. The fourth-order valence-electron chi connectivity index (χ4n) is 2.07. The number of methoxy groups -OCH3 is 1. The third kappa shape index (κ3) is 2.45. The van der Waals surface area contributed by atoms with Crippen LogP contribution >= 0.6 is 0 Å². The molecule has 18 heavy (non-hydrogen) atoms. The van der Waals surface area contributed by atoms with Crippen molar-refractivity contribution in [2.24, 2.45) is 0 Å². The number of rotatable bonds is 2. The molecule has 2 rings (SSSR count). The van der Waals surface area contributed by atoms with Crippen molar-refractivity contribution in [1.82, 2.24) is 9.88 Å². The number of aryl methyl sites for hydroxylation is 1. The molecule has 1 aliphatic rings. The summed E-state index contributed by atoms with van der Waals surface area (Å²) in [4.78, 5) is 16.6. The summed E-state index contributed by atoms with van der Waals surface area (Å²) < 4.78 is 5.11. The summed E-state index contributed by atoms with van der Waals surface area (Å²) in [6.07, 6.45) is 3.66. The van der Waals surface area contributed by atoms with Gasteiger partial charge in [0, 0.05) is 24.8 Å². The van der Waals surface area contributed by atoms with E-state index in [-0.39, 0.29) is 0 Å². The first-order valence-electron chi connectivity index (χ1n) is 5.79. The largest absolute Gasteiger partial charge is 0.481 e. The maximum Gasteiger partial charge on any atom is 0.407 e. The van der Waals surface area contributed by atoms with E-state index in [1.165, 1.54) is 4.90 Å². The van der Waals surface area contributed by atoms with Crippen LogP contribution in [0.2, 0.25) is 0 Å². The molecule has 0 aliphatic carbocycles. The number of pyridine rings is 1. The molecule has 1 amide bonds. The Kier molecular flexibility index (Phi) is 3.50. The molecule has 0 spiro atoms. The third-order valence-corrected chi connectivity index (χ3v) is 3.02. The van der Waals surface area contributed by atoms with Gasteiger partial charge in [0.2, 0.25) is 5.88 Å². The van der Waals surface area contributed by atoms with Crippen molar-refractivity contribution >= 4 is 11.7 Å². The van der Waals surface area contributed by atoms with Gasteiger partial charge in [0.1, 0.15) is 0 Å². The molecule has 5 nitrogen and oxygen atoms in total. The summed E-state index contributed by atoms with van der Waals surface area (Å²) in [5.41, 5.74) is 2.91. The first-order valence-corrected chi connectivity index (χ1v) is 5.79. The molecule has 1 aromatic heterocycles. The zero-order valence-electron chi connectivity index (χ0n) is 10.5. The highest BCUT2D eigenvalue weighted by atomic mass is 16.5. The minimum Gasteiger partial charge on any atom is -0.481 e. The lowest BCUT2D eigenvalue weighted by Crippen LogP contribution is -2.34. The summed E-state index contributed by atoms with van der Waals surface area (Å²) in [5.74, 6) is 0.602. The van der Waals surface area contributed by atoms with E-state index in [1.807, 2.05) is 13.0 Å². The van der Waals surface area contributed by atoms with Gasteiger partial charge in [-0.2, -0.15) is 0 Å². The SMILES string of the molecule is COc1ncc(C2=CCCN(C(=O)O)C2)cc1C. The lowest BCUT2D eigenvalue weighted by Gasteiger charge is -2.24. The molecule has 0 fully saturated rings. The number of hydrogen-bond donors (Lipinski definition) is 1. The van der Waals surface area contributed by atoms with E-state index >= 15 is 0 Å². The van der Waals surface area contributed by atoms with Crippen molar-refractivity contribution in [3.63, 3.8) is 0 Å². The molecule has 0 radical (unpaired) electrons. The highest BCUT2D eigenvalue weighted by Gasteiger charge is 2.18. The van der Waals surface area contributed by atoms with Crippen LogP contribution in [-0.4, -0.2) is 41.3 Å². The minimum atomic E-state index is -0.876. The van der Waals surface area contributed by atoms with Crippen LogP contribution in [0.4, 0.5) is 4.79 Å². The molecule has 5 heteroatoms. The normalized spacial score (nSPS) is 15.2. The molecule has 96 valence electrons. The van der Waals surface area contributed by atoms with Crippen LogP contribution in [0.5, 0.6) is 5.88 Å². The van der Waals surface area contributed by atoms with Gasteiger partial charge in [-0.3, -0.25) is 0 Å². The Hall–Kier alpha value is -2.04. The van der Waals surface area contributed by atoms with Crippen LogP contribution in [0.1, 0.15) is 17.5 Å². The van der Waals surface area contributed by atoms with Crippen LogP contribution < -0.4 is 4.74 Å². The molecule has 1 aliphatic heterocycles. The number of ether oxygens (including phenoxy) is 1. The molecule has 0 atom stereocenters. The second kappa shape index (κ2) is 5.08. The predicted octanol–water partition coefficient (Wildman–Crippen LogP) is 2.17. The molecule has 0 saturated heterocycles. The zero-order valence-corrected chi connectivity index (χ0v) is 10.5. The number of hydrogen-bond acceptors (Lipinski definition) is 3. The van der Waals surface area contributed by atoms with Crippen molar-refractivity contribution in [1.29, 1.82) is 0 Å². The van der Waals surface area contributed by atoms with Gasteiger partial charge < -0.3 is 14.7 Å².